The Balaban J connectivity index is 2.95. The zero-order valence-electron chi connectivity index (χ0n) is 11.1. The Morgan fingerprint density at radius 3 is 2.41 bits per heavy atom. The fraction of sp³-hybridized carbons (Fsp3) is 0.533. The van der Waals surface area contributed by atoms with Gasteiger partial charge in [-0.05, 0) is 62.3 Å². The molecule has 1 aromatic carbocycles. The highest BCUT2D eigenvalue weighted by atomic mass is 19.1. The number of ketones is 1. The predicted octanol–water partition coefficient (Wildman–Crippen LogP) is 4.31. The van der Waals surface area contributed by atoms with Gasteiger partial charge in [0.1, 0.15) is 11.6 Å². The van der Waals surface area contributed by atoms with Crippen LogP contribution < -0.4 is 0 Å². The highest BCUT2D eigenvalue weighted by molar-refractivity contribution is 5.75. The first-order valence-corrected chi connectivity index (χ1v) is 6.21. The summed E-state index contributed by atoms with van der Waals surface area (Å²) in [6.07, 6.45) is 2.14. The largest absolute Gasteiger partial charge is 0.300 e. The van der Waals surface area contributed by atoms with E-state index in [-0.39, 0.29) is 17.5 Å². The number of Topliss-reactive ketones (excluding diaryl/α,β-unsaturated/α-hetero) is 1. The number of carbonyl (C=O) groups is 1. The fourth-order valence-electron chi connectivity index (χ4n) is 2.07. The smallest absolute Gasteiger partial charge is 0.129 e. The van der Waals surface area contributed by atoms with Crippen molar-refractivity contribution < 1.29 is 9.18 Å². The van der Waals surface area contributed by atoms with Crippen molar-refractivity contribution >= 4 is 5.78 Å². The first-order chi connectivity index (χ1) is 7.95. The molecule has 17 heavy (non-hydrogen) atoms. The van der Waals surface area contributed by atoms with Gasteiger partial charge < -0.3 is 4.79 Å². The molecular weight excluding hydrogens is 215 g/mol. The lowest BCUT2D eigenvalue weighted by molar-refractivity contribution is -0.117. The maximum atomic E-state index is 13.9. The lowest BCUT2D eigenvalue weighted by atomic mass is 9.89. The molecule has 1 rings (SSSR count). The lowest BCUT2D eigenvalue weighted by Gasteiger charge is -2.17. The van der Waals surface area contributed by atoms with E-state index in [1.165, 1.54) is 0 Å². The number of carbonyl (C=O) groups excluding carboxylic acids is 1. The van der Waals surface area contributed by atoms with Crippen LogP contribution in [0.1, 0.15) is 55.7 Å². The molecule has 1 unspecified atom stereocenters. The van der Waals surface area contributed by atoms with E-state index in [2.05, 4.69) is 0 Å². The van der Waals surface area contributed by atoms with Gasteiger partial charge >= 0.3 is 0 Å². The van der Waals surface area contributed by atoms with Gasteiger partial charge in [-0.15, -0.1) is 0 Å². The molecule has 0 saturated carbocycles. The second kappa shape index (κ2) is 5.95. The zero-order chi connectivity index (χ0) is 13.0. The highest BCUT2D eigenvalue weighted by Gasteiger charge is 2.15. The molecule has 0 spiro atoms. The van der Waals surface area contributed by atoms with Gasteiger partial charge in [-0.2, -0.15) is 0 Å². The van der Waals surface area contributed by atoms with Crippen LogP contribution >= 0.6 is 0 Å². The summed E-state index contributed by atoms with van der Waals surface area (Å²) in [4.78, 5) is 11.0. The van der Waals surface area contributed by atoms with Crippen LogP contribution in [0.25, 0.3) is 0 Å². The Morgan fingerprint density at radius 1 is 1.29 bits per heavy atom. The topological polar surface area (TPSA) is 17.1 Å². The molecule has 0 aliphatic carbocycles. The van der Waals surface area contributed by atoms with E-state index >= 15 is 0 Å². The minimum Gasteiger partial charge on any atom is -0.300 e. The van der Waals surface area contributed by atoms with Gasteiger partial charge in [-0.1, -0.05) is 13.0 Å². The minimum absolute atomic E-state index is 0.136. The van der Waals surface area contributed by atoms with Crippen LogP contribution in [0.15, 0.2) is 12.1 Å². The first-order valence-electron chi connectivity index (χ1n) is 6.21. The van der Waals surface area contributed by atoms with Crippen LogP contribution in [0.2, 0.25) is 0 Å². The molecule has 1 atom stereocenters. The Morgan fingerprint density at radius 2 is 1.88 bits per heavy atom. The van der Waals surface area contributed by atoms with E-state index in [1.54, 1.807) is 13.0 Å². The number of rotatable bonds is 5. The van der Waals surface area contributed by atoms with Crippen LogP contribution in [-0.2, 0) is 4.79 Å². The van der Waals surface area contributed by atoms with Crippen molar-refractivity contribution in [3.63, 3.8) is 0 Å². The summed E-state index contributed by atoms with van der Waals surface area (Å²) in [6, 6.07) is 3.53. The summed E-state index contributed by atoms with van der Waals surface area (Å²) in [5.74, 6) is 0.189. The standard InChI is InChI=1S/C15H21FO/c1-5-13(7-6-12(4)17)14-8-10(2)11(3)9-15(14)16/h8-9,13H,5-7H2,1-4H3. The Labute approximate surface area is 103 Å². The second-order valence-corrected chi connectivity index (χ2v) is 4.80. The summed E-state index contributed by atoms with van der Waals surface area (Å²) in [5, 5.41) is 0. The Hall–Kier alpha value is -1.18. The molecule has 0 aliphatic rings. The molecule has 2 heteroatoms. The normalized spacial score (nSPS) is 12.5. The minimum atomic E-state index is -0.136. The Bertz CT molecular complexity index is 410. The maximum absolute atomic E-state index is 13.9. The first kappa shape index (κ1) is 13.9. The molecule has 0 saturated heterocycles. The molecule has 0 aromatic heterocycles. The molecule has 94 valence electrons. The van der Waals surface area contributed by atoms with E-state index in [4.69, 9.17) is 0 Å². The van der Waals surface area contributed by atoms with Crippen LogP contribution in [0, 0.1) is 19.7 Å². The van der Waals surface area contributed by atoms with Crippen molar-refractivity contribution in [3.8, 4) is 0 Å². The van der Waals surface area contributed by atoms with Crippen LogP contribution in [-0.4, -0.2) is 5.78 Å². The van der Waals surface area contributed by atoms with Crippen LogP contribution in [0.3, 0.4) is 0 Å². The fourth-order valence-corrected chi connectivity index (χ4v) is 2.07. The van der Waals surface area contributed by atoms with Crippen molar-refractivity contribution in [3.05, 3.63) is 34.6 Å². The zero-order valence-corrected chi connectivity index (χ0v) is 11.1. The number of benzene rings is 1. The molecule has 1 aromatic rings. The Kier molecular flexibility index (Phi) is 4.86. The number of hydrogen-bond acceptors (Lipinski definition) is 1. The molecule has 0 N–H and O–H groups in total. The molecule has 0 aliphatic heterocycles. The summed E-state index contributed by atoms with van der Waals surface area (Å²) in [7, 11) is 0. The second-order valence-electron chi connectivity index (χ2n) is 4.80. The molecule has 1 nitrogen and oxygen atoms in total. The number of aryl methyl sites for hydroxylation is 2. The van der Waals surface area contributed by atoms with Crippen LogP contribution in [0.5, 0.6) is 0 Å². The summed E-state index contributed by atoms with van der Waals surface area (Å²) < 4.78 is 13.9. The van der Waals surface area contributed by atoms with E-state index < -0.39 is 0 Å². The van der Waals surface area contributed by atoms with Gasteiger partial charge in [0.15, 0.2) is 0 Å². The molecule has 0 heterocycles. The average molecular weight is 236 g/mol. The quantitative estimate of drug-likeness (QED) is 0.744. The van der Waals surface area contributed by atoms with Gasteiger partial charge in [0.2, 0.25) is 0 Å². The third kappa shape index (κ3) is 3.65. The average Bonchev–Trinajstić information content (AvgIpc) is 2.25. The summed E-state index contributed by atoms with van der Waals surface area (Å²) in [6.45, 7) is 7.54. The lowest BCUT2D eigenvalue weighted by Crippen LogP contribution is -2.04. The highest BCUT2D eigenvalue weighted by Crippen LogP contribution is 2.29. The van der Waals surface area contributed by atoms with E-state index in [0.29, 0.717) is 6.42 Å². The van der Waals surface area contributed by atoms with Gasteiger partial charge in [-0.25, -0.2) is 4.39 Å². The van der Waals surface area contributed by atoms with E-state index in [0.717, 1.165) is 29.5 Å². The van der Waals surface area contributed by atoms with E-state index in [1.807, 2.05) is 26.8 Å². The summed E-state index contributed by atoms with van der Waals surface area (Å²) >= 11 is 0. The van der Waals surface area contributed by atoms with Crippen molar-refractivity contribution in [2.24, 2.45) is 0 Å². The van der Waals surface area contributed by atoms with Crippen molar-refractivity contribution in [2.75, 3.05) is 0 Å². The van der Waals surface area contributed by atoms with Gasteiger partial charge in [0.25, 0.3) is 0 Å². The molecule has 0 amide bonds. The summed E-state index contributed by atoms with van der Waals surface area (Å²) in [5.41, 5.74) is 2.85. The van der Waals surface area contributed by atoms with Crippen molar-refractivity contribution in [1.82, 2.24) is 0 Å². The van der Waals surface area contributed by atoms with Crippen molar-refractivity contribution in [1.29, 1.82) is 0 Å². The predicted molar refractivity (Wildman–Crippen MR) is 68.8 cm³/mol. The van der Waals surface area contributed by atoms with Crippen molar-refractivity contribution in [2.45, 2.75) is 52.9 Å². The third-order valence-electron chi connectivity index (χ3n) is 3.39. The molecule has 0 fully saturated rings. The number of halogens is 1. The van der Waals surface area contributed by atoms with Crippen LogP contribution in [0.4, 0.5) is 4.39 Å². The molecule has 0 bridgehead atoms. The van der Waals surface area contributed by atoms with Gasteiger partial charge in [0, 0.05) is 6.42 Å². The maximum Gasteiger partial charge on any atom is 0.129 e. The monoisotopic (exact) mass is 236 g/mol. The molecule has 0 radical (unpaired) electrons. The number of hydrogen-bond donors (Lipinski definition) is 0. The third-order valence-corrected chi connectivity index (χ3v) is 3.39. The van der Waals surface area contributed by atoms with E-state index in [9.17, 15) is 9.18 Å². The molecular formula is C15H21FO. The van der Waals surface area contributed by atoms with Gasteiger partial charge in [0.05, 0.1) is 0 Å². The van der Waals surface area contributed by atoms with Gasteiger partial charge in [-0.3, -0.25) is 0 Å². The SMILES string of the molecule is CCC(CCC(C)=O)c1cc(C)c(C)cc1F.